The van der Waals surface area contributed by atoms with Crippen LogP contribution in [0.15, 0.2) is 54.1 Å². The second kappa shape index (κ2) is 9.45. The van der Waals surface area contributed by atoms with Gasteiger partial charge in [0, 0.05) is 24.2 Å². The number of halogens is 1. The summed E-state index contributed by atoms with van der Waals surface area (Å²) in [7, 11) is 0. The van der Waals surface area contributed by atoms with Crippen LogP contribution < -0.4 is 0 Å². The molecule has 1 heterocycles. The van der Waals surface area contributed by atoms with E-state index < -0.39 is 34.2 Å². The first-order chi connectivity index (χ1) is 14.8. The average molecular weight is 430 g/mol. The fourth-order valence-corrected chi connectivity index (χ4v) is 3.35. The molecule has 1 amide bonds. The second-order valence-corrected chi connectivity index (χ2v) is 6.69. The lowest BCUT2D eigenvalue weighted by Gasteiger charge is -2.25. The summed E-state index contributed by atoms with van der Waals surface area (Å²) in [5.41, 5.74) is -0.196. The number of likely N-dealkylation sites (tertiary alicyclic amines) is 1. The maximum Gasteiger partial charge on any atom is 0.295 e. The zero-order valence-corrected chi connectivity index (χ0v) is 16.2. The molecule has 0 spiro atoms. The van der Waals surface area contributed by atoms with Crippen LogP contribution >= 0.6 is 0 Å². The van der Waals surface area contributed by atoms with E-state index in [9.17, 15) is 29.2 Å². The zero-order chi connectivity index (χ0) is 22.5. The standard InChI is InChI=1S/C21H19FN2O7/c22-15-6-4-13(5-7-15)18-17(19(26)14-2-1-3-16(12-14)24(29)30)20(27)21(28)23(18)8-10-31-11-9-25/h1-7,12,18,25-26H,8-11H2/b19-17-. The van der Waals surface area contributed by atoms with Crippen molar-refractivity contribution in [3.05, 3.63) is 81.2 Å². The van der Waals surface area contributed by atoms with Crippen LogP contribution in [-0.4, -0.2) is 58.1 Å². The lowest BCUT2D eigenvalue weighted by atomic mass is 9.95. The summed E-state index contributed by atoms with van der Waals surface area (Å²) < 4.78 is 18.6. The first kappa shape index (κ1) is 22.1. The van der Waals surface area contributed by atoms with Crippen LogP contribution in [0.1, 0.15) is 17.2 Å². The van der Waals surface area contributed by atoms with E-state index in [0.29, 0.717) is 5.56 Å². The van der Waals surface area contributed by atoms with E-state index in [0.717, 1.165) is 18.2 Å². The summed E-state index contributed by atoms with van der Waals surface area (Å²) in [6.45, 7) is -0.188. The smallest absolute Gasteiger partial charge is 0.295 e. The number of hydrogen-bond donors (Lipinski definition) is 2. The van der Waals surface area contributed by atoms with Crippen molar-refractivity contribution in [3.63, 3.8) is 0 Å². The van der Waals surface area contributed by atoms with Crippen LogP contribution in [0.2, 0.25) is 0 Å². The molecule has 3 rings (SSSR count). The van der Waals surface area contributed by atoms with Gasteiger partial charge < -0.3 is 19.8 Å². The van der Waals surface area contributed by atoms with Gasteiger partial charge in [-0.2, -0.15) is 0 Å². The van der Waals surface area contributed by atoms with E-state index in [2.05, 4.69) is 0 Å². The maximum atomic E-state index is 13.4. The molecule has 162 valence electrons. The summed E-state index contributed by atoms with van der Waals surface area (Å²) in [6.07, 6.45) is 0. The highest BCUT2D eigenvalue weighted by atomic mass is 19.1. The van der Waals surface area contributed by atoms with Crippen molar-refractivity contribution in [2.24, 2.45) is 0 Å². The van der Waals surface area contributed by atoms with Gasteiger partial charge in [0.05, 0.1) is 36.4 Å². The molecule has 0 aliphatic carbocycles. The highest BCUT2D eigenvalue weighted by molar-refractivity contribution is 6.46. The molecule has 2 N–H and O–H groups in total. The topological polar surface area (TPSA) is 130 Å². The number of nitro groups is 1. The fourth-order valence-electron chi connectivity index (χ4n) is 3.35. The van der Waals surface area contributed by atoms with Gasteiger partial charge in [0.15, 0.2) is 0 Å². The third-order valence-corrected chi connectivity index (χ3v) is 4.77. The predicted octanol–water partition coefficient (Wildman–Crippen LogP) is 2.16. The van der Waals surface area contributed by atoms with E-state index in [-0.39, 0.29) is 43.2 Å². The minimum atomic E-state index is -1.04. The SMILES string of the molecule is O=C1C(=O)N(CCOCCO)C(c2ccc(F)cc2)/C1=C(/O)c1cccc([N+](=O)[O-])c1. The first-order valence-electron chi connectivity index (χ1n) is 9.32. The normalized spacial score (nSPS) is 17.9. The van der Waals surface area contributed by atoms with Crippen molar-refractivity contribution in [1.82, 2.24) is 4.90 Å². The number of ketones is 1. The molecule has 0 radical (unpaired) electrons. The van der Waals surface area contributed by atoms with Crippen molar-refractivity contribution in [1.29, 1.82) is 0 Å². The van der Waals surface area contributed by atoms with Gasteiger partial charge in [0.25, 0.3) is 17.4 Å². The number of aliphatic hydroxyl groups is 2. The third kappa shape index (κ3) is 4.60. The Morgan fingerprint density at radius 1 is 1.16 bits per heavy atom. The molecule has 1 aliphatic rings. The van der Waals surface area contributed by atoms with Crippen LogP contribution in [0.3, 0.4) is 0 Å². The Bertz CT molecular complexity index is 1040. The Kier molecular flexibility index (Phi) is 6.73. The number of nitrogens with zero attached hydrogens (tertiary/aromatic N) is 2. The quantitative estimate of drug-likeness (QED) is 0.164. The summed E-state index contributed by atoms with van der Waals surface area (Å²) in [5, 5.41) is 30.7. The number of carbonyl (C=O) groups is 2. The minimum absolute atomic E-state index is 0.00385. The lowest BCUT2D eigenvalue weighted by molar-refractivity contribution is -0.384. The molecule has 1 aliphatic heterocycles. The molecule has 2 aromatic carbocycles. The summed E-state index contributed by atoms with van der Waals surface area (Å²) in [4.78, 5) is 37.1. The van der Waals surface area contributed by atoms with E-state index in [1.165, 1.54) is 35.2 Å². The molecule has 31 heavy (non-hydrogen) atoms. The molecule has 1 fully saturated rings. The number of carbonyl (C=O) groups excluding carboxylic acids is 2. The third-order valence-electron chi connectivity index (χ3n) is 4.77. The Labute approximate surface area is 176 Å². The first-order valence-corrected chi connectivity index (χ1v) is 9.32. The largest absolute Gasteiger partial charge is 0.507 e. The molecule has 1 atom stereocenters. The van der Waals surface area contributed by atoms with Gasteiger partial charge in [-0.3, -0.25) is 19.7 Å². The van der Waals surface area contributed by atoms with Crippen molar-refractivity contribution in [2.45, 2.75) is 6.04 Å². The van der Waals surface area contributed by atoms with Crippen LogP contribution in [0, 0.1) is 15.9 Å². The summed E-state index contributed by atoms with van der Waals surface area (Å²) in [5.74, 6) is -2.96. The average Bonchev–Trinajstić information content (AvgIpc) is 3.01. The number of aliphatic hydroxyl groups excluding tert-OH is 2. The number of nitro benzene ring substituents is 1. The lowest BCUT2D eigenvalue weighted by Crippen LogP contribution is -2.33. The zero-order valence-electron chi connectivity index (χ0n) is 16.2. The molecule has 2 aromatic rings. The van der Waals surface area contributed by atoms with Gasteiger partial charge in [0.2, 0.25) is 0 Å². The van der Waals surface area contributed by atoms with Gasteiger partial charge in [-0.25, -0.2) is 4.39 Å². The second-order valence-electron chi connectivity index (χ2n) is 6.69. The molecular weight excluding hydrogens is 411 g/mol. The Morgan fingerprint density at radius 2 is 1.87 bits per heavy atom. The van der Waals surface area contributed by atoms with Crippen molar-refractivity contribution < 1.29 is 33.9 Å². The Balaban J connectivity index is 2.09. The summed E-state index contributed by atoms with van der Waals surface area (Å²) >= 11 is 0. The number of hydrogen-bond acceptors (Lipinski definition) is 7. The number of amides is 1. The highest BCUT2D eigenvalue weighted by Crippen LogP contribution is 2.39. The van der Waals surface area contributed by atoms with E-state index in [4.69, 9.17) is 9.84 Å². The Hall–Kier alpha value is -3.63. The van der Waals surface area contributed by atoms with Crippen molar-refractivity contribution in [3.8, 4) is 0 Å². The van der Waals surface area contributed by atoms with Crippen LogP contribution in [-0.2, 0) is 14.3 Å². The summed E-state index contributed by atoms with van der Waals surface area (Å²) in [6, 6.07) is 9.08. The molecule has 0 saturated carbocycles. The van der Waals surface area contributed by atoms with Gasteiger partial charge in [-0.1, -0.05) is 24.3 Å². The van der Waals surface area contributed by atoms with Gasteiger partial charge in [-0.05, 0) is 17.7 Å². The molecule has 0 bridgehead atoms. The molecular formula is C21H19FN2O7. The van der Waals surface area contributed by atoms with Gasteiger partial charge >= 0.3 is 0 Å². The number of ether oxygens (including phenoxy) is 1. The molecule has 9 nitrogen and oxygen atoms in total. The van der Waals surface area contributed by atoms with Crippen molar-refractivity contribution >= 4 is 23.1 Å². The number of non-ortho nitro benzene ring substituents is 1. The van der Waals surface area contributed by atoms with E-state index in [1.807, 2.05) is 0 Å². The van der Waals surface area contributed by atoms with Gasteiger partial charge in [-0.15, -0.1) is 0 Å². The van der Waals surface area contributed by atoms with Gasteiger partial charge in [0.1, 0.15) is 11.6 Å². The van der Waals surface area contributed by atoms with E-state index >= 15 is 0 Å². The van der Waals surface area contributed by atoms with Crippen molar-refractivity contribution in [2.75, 3.05) is 26.4 Å². The van der Waals surface area contributed by atoms with Crippen LogP contribution in [0.25, 0.3) is 5.76 Å². The van der Waals surface area contributed by atoms with E-state index in [1.54, 1.807) is 0 Å². The number of rotatable bonds is 8. The van der Waals surface area contributed by atoms with Crippen LogP contribution in [0.4, 0.5) is 10.1 Å². The highest BCUT2D eigenvalue weighted by Gasteiger charge is 2.46. The molecule has 1 unspecified atom stereocenters. The monoisotopic (exact) mass is 430 g/mol. The number of benzene rings is 2. The maximum absolute atomic E-state index is 13.4. The van der Waals surface area contributed by atoms with Crippen LogP contribution in [0.5, 0.6) is 0 Å². The molecule has 0 aromatic heterocycles. The molecule has 1 saturated heterocycles. The fraction of sp³-hybridized carbons (Fsp3) is 0.238. The number of Topliss-reactive ketones (excluding diaryl/α,β-unsaturated/α-hetero) is 1. The minimum Gasteiger partial charge on any atom is -0.507 e. The molecule has 10 heteroatoms. The predicted molar refractivity (Wildman–Crippen MR) is 106 cm³/mol. The Morgan fingerprint density at radius 3 is 2.52 bits per heavy atom.